The van der Waals surface area contributed by atoms with Crippen LogP contribution in [-0.2, 0) is 19.0 Å². The highest BCUT2D eigenvalue weighted by Crippen LogP contribution is 2.49. The first-order valence-corrected chi connectivity index (χ1v) is 8.94. The van der Waals surface area contributed by atoms with Gasteiger partial charge in [-0.3, -0.25) is 4.79 Å². The molecule has 0 aromatic heterocycles. The predicted molar refractivity (Wildman–Crippen MR) is 91.4 cm³/mol. The van der Waals surface area contributed by atoms with Gasteiger partial charge in [0.1, 0.15) is 18.2 Å². The Balaban J connectivity index is 1.52. The molecule has 0 N–H and O–H groups in total. The monoisotopic (exact) mass is 368 g/mol. The van der Waals surface area contributed by atoms with E-state index in [4.69, 9.17) is 14.2 Å². The van der Waals surface area contributed by atoms with Crippen LogP contribution >= 0.6 is 0 Å². The van der Waals surface area contributed by atoms with Crippen LogP contribution in [0.4, 0.5) is 8.78 Å². The van der Waals surface area contributed by atoms with Gasteiger partial charge in [0.05, 0.1) is 19.1 Å². The Kier molecular flexibility index (Phi) is 5.10. The molecule has 2 atom stereocenters. The van der Waals surface area contributed by atoms with Crippen LogP contribution in [0.25, 0.3) is 0 Å². The van der Waals surface area contributed by atoms with Gasteiger partial charge in [-0.25, -0.2) is 8.78 Å². The van der Waals surface area contributed by atoms with Crippen LogP contribution in [-0.4, -0.2) is 32.1 Å². The van der Waals surface area contributed by atoms with Crippen molar-refractivity contribution in [1.82, 2.24) is 0 Å². The van der Waals surface area contributed by atoms with Gasteiger partial charge in [-0.15, -0.1) is 0 Å². The third-order valence-electron chi connectivity index (χ3n) is 4.93. The Bertz CT molecular complexity index is 676. The maximum absolute atomic E-state index is 13.8. The molecule has 1 saturated heterocycles. The lowest BCUT2D eigenvalue weighted by atomic mass is 9.90. The van der Waals surface area contributed by atoms with Crippen LogP contribution in [0.5, 0.6) is 0 Å². The van der Waals surface area contributed by atoms with Crippen molar-refractivity contribution in [2.45, 2.75) is 46.3 Å². The summed E-state index contributed by atoms with van der Waals surface area (Å²) in [5, 5.41) is 0. The molecule has 26 heavy (non-hydrogen) atoms. The molecule has 144 valence electrons. The molecule has 1 aromatic carbocycles. The summed E-state index contributed by atoms with van der Waals surface area (Å²) in [5.74, 6) is -2.11. The van der Waals surface area contributed by atoms with Crippen molar-refractivity contribution < 1.29 is 27.8 Å². The smallest absolute Gasteiger partial charge is 0.309 e. The van der Waals surface area contributed by atoms with Gasteiger partial charge in [-0.2, -0.15) is 0 Å². The molecule has 2 aliphatic rings. The minimum atomic E-state index is -0.504. The minimum Gasteiger partial charge on any atom is -0.465 e. The van der Waals surface area contributed by atoms with Crippen LogP contribution in [0.15, 0.2) is 18.2 Å². The highest BCUT2D eigenvalue weighted by atomic mass is 19.1. The maximum Gasteiger partial charge on any atom is 0.309 e. The highest BCUT2D eigenvalue weighted by Gasteiger charge is 2.47. The molecule has 0 radical (unpaired) electrons. The normalized spacial score (nSPS) is 25.8. The summed E-state index contributed by atoms with van der Waals surface area (Å²) in [6.07, 6.45) is 0.0311. The zero-order valence-corrected chi connectivity index (χ0v) is 15.7. The fraction of sp³-hybridized carbons (Fsp3) is 0.650. The van der Waals surface area contributed by atoms with Crippen molar-refractivity contribution >= 4 is 5.97 Å². The van der Waals surface area contributed by atoms with E-state index in [-0.39, 0.29) is 29.5 Å². The van der Waals surface area contributed by atoms with Crippen molar-refractivity contribution in [2.75, 3.05) is 19.8 Å². The second-order valence-corrected chi connectivity index (χ2v) is 8.83. The van der Waals surface area contributed by atoms with Gasteiger partial charge in [0.25, 0.3) is 0 Å². The molecule has 2 fully saturated rings. The van der Waals surface area contributed by atoms with E-state index < -0.39 is 29.3 Å². The molecular weight excluding hydrogens is 342 g/mol. The second kappa shape index (κ2) is 6.89. The lowest BCUT2D eigenvalue weighted by Gasteiger charge is -2.41. The molecule has 1 saturated carbocycles. The summed E-state index contributed by atoms with van der Waals surface area (Å²) < 4.78 is 44.1. The number of ether oxygens (including phenoxy) is 3. The molecule has 3 rings (SSSR count). The van der Waals surface area contributed by atoms with Crippen LogP contribution in [0.2, 0.25) is 0 Å². The number of carbonyl (C=O) groups excluding carboxylic acids is 1. The molecule has 1 aromatic rings. The number of halogens is 2. The minimum absolute atomic E-state index is 0.0283. The van der Waals surface area contributed by atoms with Crippen molar-refractivity contribution in [3.8, 4) is 0 Å². The summed E-state index contributed by atoms with van der Waals surface area (Å²) in [6.45, 7) is 9.27. The summed E-state index contributed by atoms with van der Waals surface area (Å²) in [5.41, 5.74) is -0.285. The summed E-state index contributed by atoms with van der Waals surface area (Å²) in [4.78, 5) is 12.3. The third-order valence-corrected chi connectivity index (χ3v) is 4.93. The molecule has 4 nitrogen and oxygen atoms in total. The van der Waals surface area contributed by atoms with Crippen molar-refractivity contribution in [3.63, 3.8) is 0 Å². The number of rotatable bonds is 5. The van der Waals surface area contributed by atoms with Crippen LogP contribution in [0.3, 0.4) is 0 Å². The number of carbonyl (C=O) groups is 1. The third kappa shape index (κ3) is 4.23. The molecule has 1 aliphatic heterocycles. The van der Waals surface area contributed by atoms with E-state index in [1.165, 1.54) is 0 Å². The average Bonchev–Trinajstić information content (AvgIpc) is 3.35. The number of hydrogen-bond acceptors (Lipinski definition) is 4. The van der Waals surface area contributed by atoms with Gasteiger partial charge >= 0.3 is 5.97 Å². The lowest BCUT2D eigenvalue weighted by Crippen LogP contribution is -2.46. The van der Waals surface area contributed by atoms with Crippen molar-refractivity contribution in [1.29, 1.82) is 0 Å². The summed E-state index contributed by atoms with van der Waals surface area (Å²) >= 11 is 0. The van der Waals surface area contributed by atoms with Gasteiger partial charge in [0, 0.05) is 16.7 Å². The molecule has 0 spiro atoms. The van der Waals surface area contributed by atoms with Gasteiger partial charge in [-0.05, 0) is 30.2 Å². The van der Waals surface area contributed by atoms with E-state index in [9.17, 15) is 13.6 Å². The quantitative estimate of drug-likeness (QED) is 0.736. The van der Waals surface area contributed by atoms with Gasteiger partial charge in [0.2, 0.25) is 0 Å². The highest BCUT2D eigenvalue weighted by molar-refractivity contribution is 5.77. The van der Waals surface area contributed by atoms with E-state index in [0.29, 0.717) is 19.6 Å². The number of benzene rings is 1. The average molecular weight is 368 g/mol. The standard InChI is InChI=1S/C20H26F2O4/c1-19(2)9-25-18(26-10-19)20(3,4)11-24-17(23)15-8-13(15)14-7-12(21)5-6-16(14)22/h5-7,13,15,18H,8-11H2,1-4H3/t13-,15+/m1/s1. The molecule has 0 unspecified atom stereocenters. The fourth-order valence-electron chi connectivity index (χ4n) is 3.17. The number of hydrogen-bond donors (Lipinski definition) is 0. The molecule has 1 heterocycles. The van der Waals surface area contributed by atoms with E-state index in [1.807, 2.05) is 13.8 Å². The van der Waals surface area contributed by atoms with Crippen molar-refractivity contribution in [3.05, 3.63) is 35.4 Å². The van der Waals surface area contributed by atoms with Gasteiger partial charge < -0.3 is 14.2 Å². The van der Waals surface area contributed by atoms with E-state index in [1.54, 1.807) is 0 Å². The van der Waals surface area contributed by atoms with E-state index in [0.717, 1.165) is 18.2 Å². The lowest BCUT2D eigenvalue weighted by molar-refractivity contribution is -0.269. The first kappa shape index (κ1) is 19.2. The SMILES string of the molecule is CC1(C)COC(C(C)(C)COC(=O)[C@H]2C[C@@H]2c2cc(F)ccc2F)OC1. The van der Waals surface area contributed by atoms with E-state index in [2.05, 4.69) is 13.8 Å². The zero-order valence-electron chi connectivity index (χ0n) is 15.7. The van der Waals surface area contributed by atoms with Crippen molar-refractivity contribution in [2.24, 2.45) is 16.7 Å². The Morgan fingerprint density at radius 3 is 2.58 bits per heavy atom. The largest absolute Gasteiger partial charge is 0.465 e. The molecular formula is C20H26F2O4. The Morgan fingerprint density at radius 2 is 1.92 bits per heavy atom. The molecule has 1 aliphatic carbocycles. The zero-order chi connectivity index (χ0) is 19.1. The second-order valence-electron chi connectivity index (χ2n) is 8.83. The summed E-state index contributed by atoms with van der Waals surface area (Å²) in [6, 6.07) is 3.32. The Hall–Kier alpha value is -1.53. The maximum atomic E-state index is 13.8. The molecule has 0 bridgehead atoms. The Labute approximate surface area is 152 Å². The number of esters is 1. The Morgan fingerprint density at radius 1 is 1.27 bits per heavy atom. The van der Waals surface area contributed by atoms with Gasteiger partial charge in [-0.1, -0.05) is 27.7 Å². The predicted octanol–water partition coefficient (Wildman–Crippen LogP) is 4.04. The molecule has 0 amide bonds. The van der Waals surface area contributed by atoms with Crippen LogP contribution < -0.4 is 0 Å². The molecule has 6 heteroatoms. The van der Waals surface area contributed by atoms with E-state index >= 15 is 0 Å². The summed E-state index contributed by atoms with van der Waals surface area (Å²) in [7, 11) is 0. The first-order chi connectivity index (χ1) is 12.1. The van der Waals surface area contributed by atoms with Gasteiger partial charge in [0.15, 0.2) is 6.29 Å². The first-order valence-electron chi connectivity index (χ1n) is 8.94. The van der Waals surface area contributed by atoms with Crippen LogP contribution in [0, 0.1) is 28.4 Å². The fourth-order valence-corrected chi connectivity index (χ4v) is 3.17. The van der Waals surface area contributed by atoms with Crippen LogP contribution in [0.1, 0.15) is 45.6 Å². The topological polar surface area (TPSA) is 44.8 Å².